The predicted molar refractivity (Wildman–Crippen MR) is 76.1 cm³/mol. The maximum atomic E-state index is 13.1. The maximum absolute atomic E-state index is 13.1. The first-order valence-electron chi connectivity index (χ1n) is 5.59. The molecule has 1 aromatic rings. The van der Waals surface area contributed by atoms with E-state index in [4.69, 9.17) is 28.9 Å². The van der Waals surface area contributed by atoms with E-state index in [1.54, 1.807) is 6.07 Å². The highest BCUT2D eigenvalue weighted by Gasteiger charge is 2.27. The molecule has 1 aromatic carbocycles. The molecule has 0 spiro atoms. The van der Waals surface area contributed by atoms with Crippen LogP contribution < -0.4 is 5.73 Å². The Balaban J connectivity index is 0.00000162. The summed E-state index contributed by atoms with van der Waals surface area (Å²) in [5.41, 5.74) is 6.80. The molecule has 0 aliphatic carbocycles. The van der Waals surface area contributed by atoms with Crippen molar-refractivity contribution in [2.45, 2.75) is 19.5 Å². The zero-order valence-corrected chi connectivity index (χ0v) is 12.3. The minimum Gasteiger partial charge on any atom is -0.326 e. The largest absolute Gasteiger partial charge is 0.326 e. The van der Waals surface area contributed by atoms with Crippen LogP contribution in [0.4, 0.5) is 4.39 Å². The van der Waals surface area contributed by atoms with Gasteiger partial charge >= 0.3 is 0 Å². The summed E-state index contributed by atoms with van der Waals surface area (Å²) in [4.78, 5) is 2.21. The number of halogens is 4. The van der Waals surface area contributed by atoms with E-state index in [0.29, 0.717) is 17.5 Å². The van der Waals surface area contributed by atoms with Crippen LogP contribution in [0.3, 0.4) is 0 Å². The lowest BCUT2D eigenvalue weighted by Gasteiger charge is -2.16. The van der Waals surface area contributed by atoms with Crippen LogP contribution >= 0.6 is 35.6 Å². The van der Waals surface area contributed by atoms with Crippen molar-refractivity contribution in [1.82, 2.24) is 4.90 Å². The SMILES string of the molecule is CC1CN(Cc2ccc(F)c(Cl)c2Cl)CC1N.Cl. The fraction of sp³-hybridized carbons (Fsp3) is 0.500. The van der Waals surface area contributed by atoms with Gasteiger partial charge in [-0.05, 0) is 17.5 Å². The molecule has 1 aliphatic heterocycles. The molecule has 2 atom stereocenters. The summed E-state index contributed by atoms with van der Waals surface area (Å²) in [5, 5.41) is 0.306. The molecule has 0 saturated carbocycles. The smallest absolute Gasteiger partial charge is 0.143 e. The van der Waals surface area contributed by atoms with Gasteiger partial charge in [-0.2, -0.15) is 0 Å². The third-order valence-electron chi connectivity index (χ3n) is 3.26. The molecule has 0 bridgehead atoms. The summed E-state index contributed by atoms with van der Waals surface area (Å²) >= 11 is 11.8. The van der Waals surface area contributed by atoms with Crippen LogP contribution in [0.5, 0.6) is 0 Å². The van der Waals surface area contributed by atoms with Crippen molar-refractivity contribution in [3.8, 4) is 0 Å². The predicted octanol–water partition coefficient (Wildman–Crippen LogP) is 3.33. The summed E-state index contributed by atoms with van der Waals surface area (Å²) in [5.74, 6) is -0.00314. The number of nitrogens with two attached hydrogens (primary N) is 1. The summed E-state index contributed by atoms with van der Waals surface area (Å²) in [7, 11) is 0. The van der Waals surface area contributed by atoms with Gasteiger partial charge in [0.1, 0.15) is 5.82 Å². The highest BCUT2D eigenvalue weighted by Crippen LogP contribution is 2.30. The minimum absolute atomic E-state index is 0. The topological polar surface area (TPSA) is 29.3 Å². The van der Waals surface area contributed by atoms with E-state index < -0.39 is 5.82 Å². The van der Waals surface area contributed by atoms with E-state index >= 15 is 0 Å². The number of rotatable bonds is 2. The van der Waals surface area contributed by atoms with Gasteiger partial charge in [0.05, 0.1) is 10.0 Å². The molecular weight excluding hydrogens is 298 g/mol. The molecule has 2 unspecified atom stereocenters. The zero-order valence-electron chi connectivity index (χ0n) is 10.00. The lowest BCUT2D eigenvalue weighted by atomic mass is 10.1. The number of hydrogen-bond donors (Lipinski definition) is 1. The second-order valence-electron chi connectivity index (χ2n) is 4.67. The minimum atomic E-state index is -0.480. The van der Waals surface area contributed by atoms with Crippen LogP contribution in [0.2, 0.25) is 10.0 Å². The van der Waals surface area contributed by atoms with Crippen LogP contribution in [0.15, 0.2) is 12.1 Å². The van der Waals surface area contributed by atoms with E-state index in [1.165, 1.54) is 6.07 Å². The molecular formula is C12H16Cl3FN2. The molecule has 102 valence electrons. The second kappa shape index (κ2) is 6.40. The Hall–Kier alpha value is -0.0600. The number of benzene rings is 1. The summed E-state index contributed by atoms with van der Waals surface area (Å²) in [6.45, 7) is 4.57. The number of nitrogens with zero attached hydrogens (tertiary/aromatic N) is 1. The third-order valence-corrected chi connectivity index (χ3v) is 4.15. The average molecular weight is 314 g/mol. The van der Waals surface area contributed by atoms with Gasteiger partial charge in [-0.15, -0.1) is 12.4 Å². The first-order chi connectivity index (χ1) is 7.99. The summed E-state index contributed by atoms with van der Waals surface area (Å²) in [6.07, 6.45) is 0. The van der Waals surface area contributed by atoms with Gasteiger partial charge in [0.2, 0.25) is 0 Å². The second-order valence-corrected chi connectivity index (χ2v) is 5.43. The first kappa shape index (κ1) is 16.0. The summed E-state index contributed by atoms with van der Waals surface area (Å²) < 4.78 is 13.1. The Morgan fingerprint density at radius 2 is 2.00 bits per heavy atom. The van der Waals surface area contributed by atoms with Gasteiger partial charge in [-0.3, -0.25) is 4.90 Å². The monoisotopic (exact) mass is 312 g/mol. The summed E-state index contributed by atoms with van der Waals surface area (Å²) in [6, 6.07) is 3.23. The van der Waals surface area contributed by atoms with E-state index in [-0.39, 0.29) is 23.5 Å². The normalized spacial score (nSPS) is 24.1. The number of likely N-dealkylation sites (tertiary alicyclic amines) is 1. The standard InChI is InChI=1S/C12H15Cl2FN2.ClH/c1-7-4-17(6-10(7)16)5-8-2-3-9(15)12(14)11(8)13;/h2-3,7,10H,4-6,16H2,1H3;1H. The average Bonchev–Trinajstić information content (AvgIpc) is 2.59. The van der Waals surface area contributed by atoms with Gasteiger partial charge < -0.3 is 5.73 Å². The van der Waals surface area contributed by atoms with Gasteiger partial charge in [0.15, 0.2) is 0 Å². The molecule has 18 heavy (non-hydrogen) atoms. The Morgan fingerprint density at radius 3 is 2.56 bits per heavy atom. The van der Waals surface area contributed by atoms with Crippen molar-refractivity contribution in [1.29, 1.82) is 0 Å². The van der Waals surface area contributed by atoms with Crippen molar-refractivity contribution in [2.24, 2.45) is 11.7 Å². The van der Waals surface area contributed by atoms with Crippen LogP contribution in [0, 0.1) is 11.7 Å². The molecule has 6 heteroatoms. The Labute approximate surface area is 123 Å². The van der Waals surface area contributed by atoms with E-state index in [0.717, 1.165) is 18.7 Å². The molecule has 1 heterocycles. The first-order valence-corrected chi connectivity index (χ1v) is 6.35. The van der Waals surface area contributed by atoms with Gasteiger partial charge in [0, 0.05) is 25.7 Å². The van der Waals surface area contributed by atoms with Crippen molar-refractivity contribution in [3.63, 3.8) is 0 Å². The lowest BCUT2D eigenvalue weighted by Crippen LogP contribution is -2.28. The maximum Gasteiger partial charge on any atom is 0.143 e. The highest BCUT2D eigenvalue weighted by molar-refractivity contribution is 6.42. The molecule has 2 nitrogen and oxygen atoms in total. The molecule has 0 aromatic heterocycles. The van der Waals surface area contributed by atoms with Crippen molar-refractivity contribution in [3.05, 3.63) is 33.6 Å². The van der Waals surface area contributed by atoms with E-state index in [9.17, 15) is 4.39 Å². The van der Waals surface area contributed by atoms with E-state index in [1.807, 2.05) is 0 Å². The van der Waals surface area contributed by atoms with Crippen LogP contribution in [0.1, 0.15) is 12.5 Å². The molecule has 0 radical (unpaired) electrons. The Bertz CT molecular complexity index is 418. The van der Waals surface area contributed by atoms with Crippen LogP contribution in [-0.2, 0) is 6.54 Å². The molecule has 0 amide bonds. The molecule has 2 rings (SSSR count). The van der Waals surface area contributed by atoms with E-state index in [2.05, 4.69) is 11.8 Å². The van der Waals surface area contributed by atoms with Crippen LogP contribution in [0.25, 0.3) is 0 Å². The van der Waals surface area contributed by atoms with Gasteiger partial charge in [-0.1, -0.05) is 36.2 Å². The molecule has 2 N–H and O–H groups in total. The number of hydrogen-bond acceptors (Lipinski definition) is 2. The van der Waals surface area contributed by atoms with Crippen molar-refractivity contribution >= 4 is 35.6 Å². The van der Waals surface area contributed by atoms with Crippen molar-refractivity contribution in [2.75, 3.05) is 13.1 Å². The molecule has 1 saturated heterocycles. The Kier molecular flexibility index (Phi) is 5.68. The zero-order chi connectivity index (χ0) is 12.6. The Morgan fingerprint density at radius 1 is 1.33 bits per heavy atom. The molecule has 1 aliphatic rings. The van der Waals surface area contributed by atoms with Gasteiger partial charge in [0.25, 0.3) is 0 Å². The quantitative estimate of drug-likeness (QED) is 0.849. The fourth-order valence-electron chi connectivity index (χ4n) is 2.15. The van der Waals surface area contributed by atoms with Gasteiger partial charge in [-0.25, -0.2) is 4.39 Å². The highest BCUT2D eigenvalue weighted by atomic mass is 35.5. The fourth-order valence-corrected chi connectivity index (χ4v) is 2.55. The van der Waals surface area contributed by atoms with Crippen LogP contribution in [-0.4, -0.2) is 24.0 Å². The third kappa shape index (κ3) is 3.28. The molecule has 1 fully saturated rings. The lowest BCUT2D eigenvalue weighted by molar-refractivity contribution is 0.319. The van der Waals surface area contributed by atoms with Crippen molar-refractivity contribution < 1.29 is 4.39 Å².